The lowest BCUT2D eigenvalue weighted by Crippen LogP contribution is -2.30. The molecular weight excluding hydrogens is 1170 g/mol. The highest BCUT2D eigenvalue weighted by Gasteiger charge is 2.30. The highest BCUT2D eigenvalue weighted by atomic mass is 31.2. The van der Waals surface area contributed by atoms with Gasteiger partial charge in [0.15, 0.2) is 12.2 Å². The van der Waals surface area contributed by atoms with Crippen molar-refractivity contribution in [3.8, 4) is 0 Å². The van der Waals surface area contributed by atoms with E-state index >= 15 is 0 Å². The van der Waals surface area contributed by atoms with E-state index in [-0.39, 0.29) is 25.7 Å². The lowest BCUT2D eigenvalue weighted by atomic mass is 9.99. The molecule has 3 N–H and O–H groups in total. The molecule has 0 aromatic heterocycles. The van der Waals surface area contributed by atoms with Crippen molar-refractivity contribution < 1.29 is 80.2 Å². The average Bonchev–Trinajstić information content (AvgIpc) is 3.61. The number of aliphatic hydroxyl groups excluding tert-OH is 1. The molecule has 8 atom stereocenters. The van der Waals surface area contributed by atoms with Gasteiger partial charge in [0.05, 0.1) is 26.4 Å². The van der Waals surface area contributed by atoms with Crippen LogP contribution in [0.25, 0.3) is 0 Å². The van der Waals surface area contributed by atoms with E-state index in [1.54, 1.807) is 0 Å². The Morgan fingerprint density at radius 3 is 0.798 bits per heavy atom. The van der Waals surface area contributed by atoms with Gasteiger partial charge in [0, 0.05) is 25.7 Å². The summed E-state index contributed by atoms with van der Waals surface area (Å²) in [5, 5.41) is 10.6. The standard InChI is InChI=1S/C70H136O17P2/c1-8-12-13-14-15-16-17-18-19-20-21-26-29-39-46-53-69(74)86-65(57-80-67(72)51-44-37-28-25-23-22-24-27-34-41-48-61(5)9-2)59-84-88(76,77)82-55-64(71)56-83-89(78,79)85-60-66(87-70(75)54-47-40-33-31-36-43-50-63(7)11-4)58-81-68(73)52-45-38-32-30-35-42-49-62(6)10-3/h61-66,71H,8-60H2,1-7H3,(H,76,77)(H,78,79)/t61?,62?,63?,64-,65-,66-/m1/s1. The largest absolute Gasteiger partial charge is 0.472 e. The molecule has 19 heteroatoms. The SMILES string of the molecule is CCCCCCCCCCCCCCCCCC(=O)O[C@H](COC(=O)CCCCCCCCCCCCC(C)CC)COP(=O)(O)OC[C@@H](O)COP(=O)(O)OC[C@@H](COC(=O)CCCCCCCCC(C)CC)OC(=O)CCCCCCCCC(C)CC. The van der Waals surface area contributed by atoms with E-state index in [1.165, 1.54) is 154 Å². The molecule has 0 aliphatic heterocycles. The zero-order chi connectivity index (χ0) is 65.9. The molecule has 0 heterocycles. The number of unbranched alkanes of at least 4 members (excludes halogenated alkanes) is 33. The van der Waals surface area contributed by atoms with Crippen LogP contribution in [0.5, 0.6) is 0 Å². The van der Waals surface area contributed by atoms with E-state index in [9.17, 15) is 43.2 Å². The Morgan fingerprint density at radius 2 is 0.539 bits per heavy atom. The minimum Gasteiger partial charge on any atom is -0.462 e. The van der Waals surface area contributed by atoms with Crippen molar-refractivity contribution in [3.05, 3.63) is 0 Å². The highest BCUT2D eigenvalue weighted by molar-refractivity contribution is 7.47. The minimum atomic E-state index is -4.95. The van der Waals surface area contributed by atoms with Gasteiger partial charge in [-0.25, -0.2) is 9.13 Å². The van der Waals surface area contributed by atoms with Gasteiger partial charge in [-0.2, -0.15) is 0 Å². The van der Waals surface area contributed by atoms with E-state index in [1.807, 2.05) is 0 Å². The summed E-state index contributed by atoms with van der Waals surface area (Å²) >= 11 is 0. The Balaban J connectivity index is 5.26. The van der Waals surface area contributed by atoms with Crippen LogP contribution in [-0.4, -0.2) is 96.7 Å². The topological polar surface area (TPSA) is 237 Å². The second kappa shape index (κ2) is 61.0. The van der Waals surface area contributed by atoms with Crippen molar-refractivity contribution >= 4 is 39.5 Å². The van der Waals surface area contributed by atoms with Crippen LogP contribution < -0.4 is 0 Å². The maximum Gasteiger partial charge on any atom is 0.472 e. The van der Waals surface area contributed by atoms with Crippen molar-refractivity contribution in [3.63, 3.8) is 0 Å². The number of carbonyl (C=O) groups excluding carboxylic acids is 4. The van der Waals surface area contributed by atoms with Gasteiger partial charge in [0.2, 0.25) is 0 Å². The lowest BCUT2D eigenvalue weighted by molar-refractivity contribution is -0.161. The molecule has 0 aromatic rings. The number of hydrogen-bond donors (Lipinski definition) is 3. The Kier molecular flexibility index (Phi) is 59.6. The Morgan fingerprint density at radius 1 is 0.315 bits per heavy atom. The van der Waals surface area contributed by atoms with E-state index in [0.29, 0.717) is 25.7 Å². The van der Waals surface area contributed by atoms with Gasteiger partial charge < -0.3 is 33.8 Å². The Labute approximate surface area is 543 Å². The van der Waals surface area contributed by atoms with Crippen LogP contribution in [0.1, 0.15) is 350 Å². The fourth-order valence-electron chi connectivity index (χ4n) is 10.4. The second-order valence-electron chi connectivity index (χ2n) is 26.0. The first-order chi connectivity index (χ1) is 42.8. The number of ether oxygens (including phenoxy) is 4. The van der Waals surface area contributed by atoms with Gasteiger partial charge >= 0.3 is 39.5 Å². The van der Waals surface area contributed by atoms with Gasteiger partial charge in [0.25, 0.3) is 0 Å². The highest BCUT2D eigenvalue weighted by Crippen LogP contribution is 2.45. The van der Waals surface area contributed by atoms with Crippen LogP contribution in [0.2, 0.25) is 0 Å². The molecule has 0 aliphatic rings. The summed E-state index contributed by atoms with van der Waals surface area (Å²) in [6.45, 7) is 11.8. The molecule has 0 saturated carbocycles. The predicted molar refractivity (Wildman–Crippen MR) is 358 cm³/mol. The number of carbonyl (C=O) groups is 4. The van der Waals surface area contributed by atoms with Crippen LogP contribution in [0.3, 0.4) is 0 Å². The first kappa shape index (κ1) is 87.1. The van der Waals surface area contributed by atoms with Crippen molar-refractivity contribution in [2.24, 2.45) is 17.8 Å². The Bertz CT molecular complexity index is 1760. The number of phosphoric acid groups is 2. The predicted octanol–water partition coefficient (Wildman–Crippen LogP) is 19.8. The molecule has 0 rings (SSSR count). The smallest absolute Gasteiger partial charge is 0.462 e. The molecule has 0 bridgehead atoms. The molecule has 17 nitrogen and oxygen atoms in total. The molecule has 0 spiro atoms. The average molecular weight is 1310 g/mol. The van der Waals surface area contributed by atoms with E-state index in [4.69, 9.17) is 37.0 Å². The van der Waals surface area contributed by atoms with Crippen LogP contribution in [-0.2, 0) is 65.4 Å². The van der Waals surface area contributed by atoms with Gasteiger partial charge in [-0.1, -0.05) is 299 Å². The van der Waals surface area contributed by atoms with Crippen molar-refractivity contribution in [2.45, 2.75) is 369 Å². The summed E-state index contributed by atoms with van der Waals surface area (Å²) in [5.41, 5.74) is 0. The summed E-state index contributed by atoms with van der Waals surface area (Å²) in [5.74, 6) is 0.132. The molecule has 0 amide bonds. The maximum absolute atomic E-state index is 13.0. The molecule has 528 valence electrons. The molecule has 0 fully saturated rings. The lowest BCUT2D eigenvalue weighted by Gasteiger charge is -2.21. The first-order valence-corrected chi connectivity index (χ1v) is 39.5. The van der Waals surface area contributed by atoms with E-state index < -0.39 is 97.5 Å². The number of hydrogen-bond acceptors (Lipinski definition) is 15. The minimum absolute atomic E-state index is 0.102. The van der Waals surface area contributed by atoms with Crippen LogP contribution >= 0.6 is 15.6 Å². The number of phosphoric ester groups is 2. The molecule has 89 heavy (non-hydrogen) atoms. The first-order valence-electron chi connectivity index (χ1n) is 36.5. The fourth-order valence-corrected chi connectivity index (χ4v) is 12.0. The van der Waals surface area contributed by atoms with E-state index in [2.05, 4.69) is 48.5 Å². The third-order valence-electron chi connectivity index (χ3n) is 17.2. The van der Waals surface area contributed by atoms with Gasteiger partial charge in [-0.05, 0) is 43.4 Å². The summed E-state index contributed by atoms with van der Waals surface area (Å²) in [4.78, 5) is 72.5. The normalized spacial score (nSPS) is 15.1. The summed E-state index contributed by atoms with van der Waals surface area (Å²) in [7, 11) is -9.90. The van der Waals surface area contributed by atoms with Crippen molar-refractivity contribution in [1.29, 1.82) is 0 Å². The van der Waals surface area contributed by atoms with E-state index in [0.717, 1.165) is 114 Å². The third kappa shape index (κ3) is 60.7. The molecule has 5 unspecified atom stereocenters. The van der Waals surface area contributed by atoms with Crippen molar-refractivity contribution in [2.75, 3.05) is 39.6 Å². The molecule has 0 aromatic carbocycles. The number of aliphatic hydroxyl groups is 1. The monoisotopic (exact) mass is 1310 g/mol. The summed E-state index contributed by atoms with van der Waals surface area (Å²) < 4.78 is 68.3. The van der Waals surface area contributed by atoms with Gasteiger partial charge in [-0.3, -0.25) is 37.3 Å². The molecular formula is C70H136O17P2. The van der Waals surface area contributed by atoms with Crippen LogP contribution in [0.4, 0.5) is 0 Å². The summed E-state index contributed by atoms with van der Waals surface area (Å²) in [6.07, 6.45) is 44.4. The van der Waals surface area contributed by atoms with Gasteiger partial charge in [0.1, 0.15) is 19.3 Å². The molecule has 0 radical (unpaired) electrons. The maximum atomic E-state index is 13.0. The zero-order valence-corrected chi connectivity index (χ0v) is 59.7. The summed E-state index contributed by atoms with van der Waals surface area (Å²) in [6, 6.07) is 0. The van der Waals surface area contributed by atoms with Gasteiger partial charge in [-0.15, -0.1) is 0 Å². The number of esters is 4. The Hall–Kier alpha value is -1.94. The quantitative estimate of drug-likeness (QED) is 0.0222. The zero-order valence-electron chi connectivity index (χ0n) is 57.9. The van der Waals surface area contributed by atoms with Crippen molar-refractivity contribution in [1.82, 2.24) is 0 Å². The molecule has 0 aliphatic carbocycles. The molecule has 0 saturated heterocycles. The third-order valence-corrected chi connectivity index (χ3v) is 19.1. The van der Waals surface area contributed by atoms with Crippen LogP contribution in [0.15, 0.2) is 0 Å². The fraction of sp³-hybridized carbons (Fsp3) is 0.943. The second-order valence-corrected chi connectivity index (χ2v) is 28.9. The number of rotatable bonds is 68. The van der Waals surface area contributed by atoms with Crippen LogP contribution in [0, 0.1) is 17.8 Å².